The number of benzene rings is 1. The number of carbonyl (C=O) groups is 1. The second-order valence-electron chi connectivity index (χ2n) is 4.27. The molecule has 0 radical (unpaired) electrons. The average molecular weight is 259 g/mol. The Morgan fingerprint density at radius 3 is 2.39 bits per heavy atom. The van der Waals surface area contributed by atoms with Crippen LogP contribution in [0.5, 0.6) is 0 Å². The summed E-state index contributed by atoms with van der Waals surface area (Å²) in [7, 11) is 2.82. The number of carbonyl (C=O) groups excluding carboxylic acids is 1. The summed E-state index contributed by atoms with van der Waals surface area (Å²) >= 11 is 0. The predicted molar refractivity (Wildman–Crippen MR) is 56.9 cm³/mol. The number of halogens is 3. The molecule has 6 heteroatoms. The van der Waals surface area contributed by atoms with E-state index in [0.717, 1.165) is 17.2 Å². The summed E-state index contributed by atoms with van der Waals surface area (Å²) in [5.74, 6) is -4.85. The second-order valence-corrected chi connectivity index (χ2v) is 4.27. The van der Waals surface area contributed by atoms with E-state index in [1.807, 2.05) is 0 Å². The van der Waals surface area contributed by atoms with Gasteiger partial charge < -0.3 is 0 Å². The standard InChI is InChI=1S/C12H12F3NO2/c1-16(18-2)12(17)8-5-7(8)6-3-9(13)11(15)10(14)4-6/h3-4,7-8H,5H2,1-2H3. The summed E-state index contributed by atoms with van der Waals surface area (Å²) in [5, 5.41) is 1.07. The monoisotopic (exact) mass is 259 g/mol. The van der Waals surface area contributed by atoms with Gasteiger partial charge in [-0.1, -0.05) is 0 Å². The average Bonchev–Trinajstić information content (AvgIpc) is 3.13. The van der Waals surface area contributed by atoms with Gasteiger partial charge in [0.15, 0.2) is 17.5 Å². The molecule has 0 heterocycles. The van der Waals surface area contributed by atoms with Crippen LogP contribution in [0.2, 0.25) is 0 Å². The van der Waals surface area contributed by atoms with Crippen molar-refractivity contribution < 1.29 is 22.8 Å². The van der Waals surface area contributed by atoms with E-state index in [1.54, 1.807) is 0 Å². The third kappa shape index (κ3) is 2.20. The zero-order valence-corrected chi connectivity index (χ0v) is 9.91. The van der Waals surface area contributed by atoms with Crippen molar-refractivity contribution in [2.45, 2.75) is 12.3 Å². The van der Waals surface area contributed by atoms with E-state index in [-0.39, 0.29) is 17.7 Å². The Bertz CT molecular complexity index is 469. The third-order valence-electron chi connectivity index (χ3n) is 3.13. The lowest BCUT2D eigenvalue weighted by Crippen LogP contribution is -2.27. The Hall–Kier alpha value is -1.56. The first kappa shape index (κ1) is 12.9. The maximum absolute atomic E-state index is 13.0. The molecule has 1 aromatic rings. The van der Waals surface area contributed by atoms with Gasteiger partial charge >= 0.3 is 0 Å². The van der Waals surface area contributed by atoms with Crippen LogP contribution < -0.4 is 0 Å². The molecule has 2 unspecified atom stereocenters. The molecule has 1 amide bonds. The number of nitrogens with zero attached hydrogens (tertiary/aromatic N) is 1. The Kier molecular flexibility index (Phi) is 3.30. The van der Waals surface area contributed by atoms with Gasteiger partial charge in [-0.25, -0.2) is 18.2 Å². The number of hydrogen-bond donors (Lipinski definition) is 0. The number of hydroxylamine groups is 2. The Labute approximate surface area is 102 Å². The van der Waals surface area contributed by atoms with Crippen molar-refractivity contribution in [2.24, 2.45) is 5.92 Å². The Balaban J connectivity index is 2.15. The van der Waals surface area contributed by atoms with Gasteiger partial charge in [-0.05, 0) is 30.0 Å². The zero-order valence-electron chi connectivity index (χ0n) is 9.91. The SMILES string of the molecule is CON(C)C(=O)C1CC1c1cc(F)c(F)c(F)c1. The highest BCUT2D eigenvalue weighted by molar-refractivity contribution is 5.81. The van der Waals surface area contributed by atoms with E-state index in [1.165, 1.54) is 14.2 Å². The zero-order chi connectivity index (χ0) is 13.4. The smallest absolute Gasteiger partial charge is 0.249 e. The largest absolute Gasteiger partial charge is 0.275 e. The number of rotatable bonds is 3. The van der Waals surface area contributed by atoms with Gasteiger partial charge in [-0.3, -0.25) is 9.63 Å². The highest BCUT2D eigenvalue weighted by Crippen LogP contribution is 2.48. The van der Waals surface area contributed by atoms with Crippen LogP contribution >= 0.6 is 0 Å². The fraction of sp³-hybridized carbons (Fsp3) is 0.417. The molecule has 0 aromatic heterocycles. The number of amides is 1. The van der Waals surface area contributed by atoms with E-state index >= 15 is 0 Å². The molecule has 18 heavy (non-hydrogen) atoms. The molecular weight excluding hydrogens is 247 g/mol. The summed E-state index contributed by atoms with van der Waals surface area (Å²) in [6, 6.07) is 1.87. The molecule has 1 saturated carbocycles. The van der Waals surface area contributed by atoms with Crippen molar-refractivity contribution >= 4 is 5.91 Å². The molecule has 0 aliphatic heterocycles. The quantitative estimate of drug-likeness (QED) is 0.615. The van der Waals surface area contributed by atoms with E-state index in [2.05, 4.69) is 0 Å². The maximum Gasteiger partial charge on any atom is 0.249 e. The van der Waals surface area contributed by atoms with Gasteiger partial charge in [0.1, 0.15) is 0 Å². The van der Waals surface area contributed by atoms with Crippen LogP contribution in [0.1, 0.15) is 17.9 Å². The van der Waals surface area contributed by atoms with Gasteiger partial charge in [-0.2, -0.15) is 0 Å². The molecule has 1 aliphatic carbocycles. The van der Waals surface area contributed by atoms with Crippen LogP contribution in [-0.2, 0) is 9.63 Å². The van der Waals surface area contributed by atoms with Crippen molar-refractivity contribution in [3.05, 3.63) is 35.1 Å². The van der Waals surface area contributed by atoms with Gasteiger partial charge in [0, 0.05) is 13.0 Å². The molecule has 0 spiro atoms. The maximum atomic E-state index is 13.0. The summed E-state index contributed by atoms with van der Waals surface area (Å²) in [6.45, 7) is 0. The summed E-state index contributed by atoms with van der Waals surface area (Å²) in [6.07, 6.45) is 0.483. The van der Waals surface area contributed by atoms with Crippen LogP contribution in [0.4, 0.5) is 13.2 Å². The fourth-order valence-corrected chi connectivity index (χ4v) is 1.95. The van der Waals surface area contributed by atoms with Crippen LogP contribution in [0, 0.1) is 23.4 Å². The first-order valence-corrected chi connectivity index (χ1v) is 5.41. The van der Waals surface area contributed by atoms with Crippen LogP contribution in [0.3, 0.4) is 0 Å². The molecule has 1 aromatic carbocycles. The Morgan fingerprint density at radius 2 is 1.89 bits per heavy atom. The number of hydrogen-bond acceptors (Lipinski definition) is 2. The highest BCUT2D eigenvalue weighted by atomic mass is 19.2. The minimum atomic E-state index is -1.49. The molecule has 2 rings (SSSR count). The first-order chi connectivity index (χ1) is 8.45. The minimum Gasteiger partial charge on any atom is -0.275 e. The predicted octanol–water partition coefficient (Wildman–Crippen LogP) is 2.23. The lowest BCUT2D eigenvalue weighted by Gasteiger charge is -2.13. The molecule has 0 bridgehead atoms. The van der Waals surface area contributed by atoms with Crippen molar-refractivity contribution in [3.8, 4) is 0 Å². The van der Waals surface area contributed by atoms with Crippen molar-refractivity contribution in [3.63, 3.8) is 0 Å². The van der Waals surface area contributed by atoms with Crippen molar-refractivity contribution in [2.75, 3.05) is 14.2 Å². The summed E-state index contributed by atoms with van der Waals surface area (Å²) in [4.78, 5) is 16.4. The first-order valence-electron chi connectivity index (χ1n) is 5.41. The topological polar surface area (TPSA) is 29.5 Å². The normalized spacial score (nSPS) is 21.8. The van der Waals surface area contributed by atoms with Crippen molar-refractivity contribution in [1.82, 2.24) is 5.06 Å². The summed E-state index contributed by atoms with van der Waals surface area (Å²) in [5.41, 5.74) is 0.300. The van der Waals surface area contributed by atoms with Crippen LogP contribution in [0.15, 0.2) is 12.1 Å². The molecule has 0 N–H and O–H groups in total. The van der Waals surface area contributed by atoms with Crippen LogP contribution in [-0.4, -0.2) is 25.1 Å². The minimum absolute atomic E-state index is 0.257. The summed E-state index contributed by atoms with van der Waals surface area (Å²) < 4.78 is 38.9. The second kappa shape index (κ2) is 4.61. The molecule has 3 nitrogen and oxygen atoms in total. The van der Waals surface area contributed by atoms with E-state index in [9.17, 15) is 18.0 Å². The Morgan fingerprint density at radius 1 is 1.33 bits per heavy atom. The van der Waals surface area contributed by atoms with Crippen LogP contribution in [0.25, 0.3) is 0 Å². The van der Waals surface area contributed by atoms with Gasteiger partial charge in [-0.15, -0.1) is 0 Å². The highest BCUT2D eigenvalue weighted by Gasteiger charge is 2.46. The lowest BCUT2D eigenvalue weighted by atomic mass is 10.1. The van der Waals surface area contributed by atoms with Gasteiger partial charge in [0.25, 0.3) is 0 Å². The van der Waals surface area contributed by atoms with E-state index in [4.69, 9.17) is 4.84 Å². The molecular formula is C12H12F3NO2. The van der Waals surface area contributed by atoms with Crippen molar-refractivity contribution in [1.29, 1.82) is 0 Å². The van der Waals surface area contributed by atoms with E-state index < -0.39 is 17.5 Å². The molecule has 98 valence electrons. The fourth-order valence-electron chi connectivity index (χ4n) is 1.95. The molecule has 0 saturated heterocycles. The van der Waals surface area contributed by atoms with E-state index in [0.29, 0.717) is 12.0 Å². The van der Waals surface area contributed by atoms with Gasteiger partial charge in [0.05, 0.1) is 7.11 Å². The lowest BCUT2D eigenvalue weighted by molar-refractivity contribution is -0.170. The van der Waals surface area contributed by atoms with Gasteiger partial charge in [0.2, 0.25) is 5.91 Å². The third-order valence-corrected chi connectivity index (χ3v) is 3.13. The molecule has 1 aliphatic rings. The molecule has 1 fully saturated rings. The molecule has 2 atom stereocenters.